The molecule has 0 aromatic rings. The Kier molecular flexibility index (Phi) is 56.8. The number of esters is 3. The second-order valence-electron chi connectivity index (χ2n) is 20.5. The molecule has 0 aliphatic heterocycles. The van der Waals surface area contributed by atoms with Crippen molar-refractivity contribution < 1.29 is 52.2 Å². The number of carbonyl (C=O) groups is 3. The maximum absolute atomic E-state index is 13.0. The van der Waals surface area contributed by atoms with Crippen LogP contribution in [-0.2, 0) is 42.2 Å². The fraction of sp³-hybridized carbons (Fsp3) is 0.712. The lowest BCUT2D eigenvalue weighted by Crippen LogP contribution is -2.30. The van der Waals surface area contributed by atoms with E-state index in [1.807, 2.05) is 0 Å². The zero-order valence-corrected chi connectivity index (χ0v) is 50.5. The van der Waals surface area contributed by atoms with E-state index in [4.69, 9.17) is 23.3 Å². The highest BCUT2D eigenvalue weighted by atomic mass is 31.2. The molecule has 0 saturated carbocycles. The highest BCUT2D eigenvalue weighted by Gasteiger charge is 2.28. The Morgan fingerprint density at radius 2 is 0.667 bits per heavy atom. The van der Waals surface area contributed by atoms with Gasteiger partial charge in [0.25, 0.3) is 0 Å². The van der Waals surface area contributed by atoms with Crippen molar-refractivity contribution in [1.29, 1.82) is 0 Å². The summed E-state index contributed by atoms with van der Waals surface area (Å²) in [4.78, 5) is 48.7. The van der Waals surface area contributed by atoms with E-state index in [-0.39, 0.29) is 25.9 Å². The summed E-state index contributed by atoms with van der Waals surface area (Å²) in [5.41, 5.74) is 0. The first-order valence-electron chi connectivity index (χ1n) is 31.1. The van der Waals surface area contributed by atoms with Gasteiger partial charge in [0, 0.05) is 19.3 Å². The van der Waals surface area contributed by atoms with Crippen molar-refractivity contribution in [2.24, 2.45) is 0 Å². The largest absolute Gasteiger partial charge is 0.472 e. The first kappa shape index (κ1) is 74.4. The number of allylic oxidation sites excluding steroid dienone is 16. The maximum atomic E-state index is 13.0. The molecule has 3 atom stereocenters. The summed E-state index contributed by atoms with van der Waals surface area (Å²) < 4.78 is 39.6. The van der Waals surface area contributed by atoms with E-state index in [9.17, 15) is 28.9 Å². The van der Waals surface area contributed by atoms with Crippen LogP contribution in [0.3, 0.4) is 0 Å². The van der Waals surface area contributed by atoms with Crippen LogP contribution in [0.2, 0.25) is 0 Å². The van der Waals surface area contributed by atoms with Crippen LogP contribution >= 0.6 is 7.82 Å². The molecule has 0 fully saturated rings. The summed E-state index contributed by atoms with van der Waals surface area (Å²) in [7, 11) is -4.76. The van der Waals surface area contributed by atoms with E-state index in [1.165, 1.54) is 70.6 Å². The molecule has 3 unspecified atom stereocenters. The molecular weight excluding hydrogens is 1000 g/mol. The highest BCUT2D eigenvalue weighted by molar-refractivity contribution is 7.47. The van der Waals surface area contributed by atoms with Gasteiger partial charge in [0.2, 0.25) is 0 Å². The fourth-order valence-electron chi connectivity index (χ4n) is 8.30. The van der Waals surface area contributed by atoms with E-state index >= 15 is 0 Å². The fourth-order valence-corrected chi connectivity index (χ4v) is 9.08. The van der Waals surface area contributed by atoms with Crippen LogP contribution in [0.25, 0.3) is 0 Å². The number of hydrogen-bond acceptors (Lipinski definition) is 10. The zero-order chi connectivity index (χ0) is 56.9. The lowest BCUT2D eigenvalue weighted by molar-refractivity contribution is -0.161. The molecule has 0 saturated heterocycles. The van der Waals surface area contributed by atoms with Gasteiger partial charge in [-0.05, 0) is 116 Å². The Morgan fingerprint density at radius 1 is 0.372 bits per heavy atom. The van der Waals surface area contributed by atoms with Crippen LogP contribution in [0, 0.1) is 0 Å². The maximum Gasteiger partial charge on any atom is 0.472 e. The average molecular weight is 1110 g/mol. The van der Waals surface area contributed by atoms with E-state index in [2.05, 4.69) is 118 Å². The van der Waals surface area contributed by atoms with Gasteiger partial charge in [-0.25, -0.2) is 4.57 Å². The van der Waals surface area contributed by atoms with Crippen LogP contribution in [-0.4, -0.2) is 66.5 Å². The van der Waals surface area contributed by atoms with Crippen molar-refractivity contribution in [3.05, 3.63) is 97.2 Å². The molecule has 2 N–H and O–H groups in total. The lowest BCUT2D eigenvalue weighted by Gasteiger charge is -2.21. The Bertz CT molecular complexity index is 1680. The monoisotopic (exact) mass is 1110 g/mol. The standard InChI is InChI=1S/C66H113O11P/c1-4-7-10-13-16-19-22-25-28-30-31-33-36-39-42-45-48-51-54-57-66(70)77-63(59-73-64(68)55-52-49-46-43-40-37-35-32-29-26-23-20-17-14-11-8-5-2)61-75-78(71,72)74-60-62(58-67)76-65(69)56-53-50-47-44-41-38-34-27-24-21-18-15-12-9-6-3/h8-9,11-12,16-21,25-29,34,62-63,67H,4-7,10,13-15,22-24,30-33,35-61H2,1-3H3,(H,71,72)/b11-8-,12-9-,19-16-,20-17-,21-18-,28-25-,29-26-,34-27-. The van der Waals surface area contributed by atoms with Gasteiger partial charge in [-0.1, -0.05) is 227 Å². The third-order valence-corrected chi connectivity index (χ3v) is 13.9. The molecular formula is C66H113O11P. The number of rotatable bonds is 57. The summed E-state index contributed by atoms with van der Waals surface area (Å²) in [6.07, 6.45) is 70.7. The first-order valence-corrected chi connectivity index (χ1v) is 32.6. The van der Waals surface area contributed by atoms with Gasteiger partial charge in [0.15, 0.2) is 6.10 Å². The minimum absolute atomic E-state index is 0.154. The SMILES string of the molecule is CC/C=C\C/C=C\C/C=C\CCCCCCCCCC(=O)OCC(COP(=O)(O)OCC(CO)OC(=O)CCCCCCC/C=C\C/C=C\C/C=C\CC)OC(=O)CCCCCCCCCCC/C=C\C/C=C\CCCCC. The van der Waals surface area contributed by atoms with Crippen LogP contribution in [0.5, 0.6) is 0 Å². The molecule has 0 aromatic heterocycles. The van der Waals surface area contributed by atoms with Gasteiger partial charge in [-0.3, -0.25) is 23.4 Å². The number of hydrogen-bond donors (Lipinski definition) is 2. The van der Waals surface area contributed by atoms with Gasteiger partial charge in [0.05, 0.1) is 19.8 Å². The van der Waals surface area contributed by atoms with Crippen molar-refractivity contribution in [3.8, 4) is 0 Å². The molecule has 0 spiro atoms. The number of carbonyl (C=O) groups excluding carboxylic acids is 3. The Morgan fingerprint density at radius 3 is 1.03 bits per heavy atom. The summed E-state index contributed by atoms with van der Waals surface area (Å²) in [6, 6.07) is 0. The normalized spacial score (nSPS) is 14.0. The van der Waals surface area contributed by atoms with Crippen molar-refractivity contribution >= 4 is 25.7 Å². The van der Waals surface area contributed by atoms with E-state index in [1.54, 1.807) is 0 Å². The first-order chi connectivity index (χ1) is 38.2. The van der Waals surface area contributed by atoms with E-state index in [0.29, 0.717) is 19.3 Å². The zero-order valence-electron chi connectivity index (χ0n) is 49.6. The van der Waals surface area contributed by atoms with Gasteiger partial charge in [-0.15, -0.1) is 0 Å². The van der Waals surface area contributed by atoms with Crippen LogP contribution in [0.4, 0.5) is 0 Å². The summed E-state index contributed by atoms with van der Waals surface area (Å²) in [5.74, 6) is -1.50. The molecule has 448 valence electrons. The number of phosphoric ester groups is 1. The third-order valence-electron chi connectivity index (χ3n) is 13.0. The van der Waals surface area contributed by atoms with Gasteiger partial charge in [-0.2, -0.15) is 0 Å². The Hall–Kier alpha value is -3.60. The average Bonchev–Trinajstić information content (AvgIpc) is 3.43. The molecule has 78 heavy (non-hydrogen) atoms. The van der Waals surface area contributed by atoms with E-state index < -0.39 is 57.8 Å². The Balaban J connectivity index is 4.75. The van der Waals surface area contributed by atoms with Crippen molar-refractivity contribution in [3.63, 3.8) is 0 Å². The smallest absolute Gasteiger partial charge is 0.462 e. The molecule has 0 bridgehead atoms. The molecule has 0 amide bonds. The summed E-state index contributed by atoms with van der Waals surface area (Å²) in [5, 5.41) is 9.84. The molecule has 0 rings (SSSR count). The van der Waals surface area contributed by atoms with Crippen molar-refractivity contribution in [1.82, 2.24) is 0 Å². The van der Waals surface area contributed by atoms with Gasteiger partial charge >= 0.3 is 25.7 Å². The second-order valence-corrected chi connectivity index (χ2v) is 21.9. The minimum Gasteiger partial charge on any atom is -0.462 e. The molecule has 0 aliphatic rings. The van der Waals surface area contributed by atoms with E-state index in [0.717, 1.165) is 135 Å². The topological polar surface area (TPSA) is 155 Å². The summed E-state index contributed by atoms with van der Waals surface area (Å²) in [6.45, 7) is 4.38. The number of phosphoric acid groups is 1. The highest BCUT2D eigenvalue weighted by Crippen LogP contribution is 2.43. The second kappa shape index (κ2) is 59.5. The molecule has 0 heterocycles. The number of aliphatic hydroxyl groups is 1. The van der Waals surface area contributed by atoms with Crippen molar-refractivity contribution in [2.45, 2.75) is 277 Å². The third kappa shape index (κ3) is 57.1. The predicted molar refractivity (Wildman–Crippen MR) is 325 cm³/mol. The van der Waals surface area contributed by atoms with Crippen LogP contribution in [0.15, 0.2) is 97.2 Å². The molecule has 0 aromatic carbocycles. The van der Waals surface area contributed by atoms with Gasteiger partial charge in [0.1, 0.15) is 12.7 Å². The molecule has 11 nitrogen and oxygen atoms in total. The number of ether oxygens (including phenoxy) is 3. The predicted octanol–water partition coefficient (Wildman–Crippen LogP) is 18.8. The quantitative estimate of drug-likeness (QED) is 0.0197. The molecule has 12 heteroatoms. The van der Waals surface area contributed by atoms with Crippen LogP contribution in [0.1, 0.15) is 265 Å². The lowest BCUT2D eigenvalue weighted by atomic mass is 10.1. The minimum atomic E-state index is -4.76. The molecule has 0 radical (unpaired) electrons. The van der Waals surface area contributed by atoms with Crippen molar-refractivity contribution in [2.75, 3.05) is 26.4 Å². The summed E-state index contributed by atoms with van der Waals surface area (Å²) >= 11 is 0. The van der Waals surface area contributed by atoms with Crippen LogP contribution < -0.4 is 0 Å². The Labute approximate surface area is 476 Å². The number of aliphatic hydroxyl groups excluding tert-OH is 1. The molecule has 0 aliphatic carbocycles. The number of unbranched alkanes of at least 4 members (excludes halogenated alkanes) is 24. The van der Waals surface area contributed by atoms with Gasteiger partial charge < -0.3 is 24.2 Å².